The van der Waals surface area contributed by atoms with Crippen LogP contribution in [0.4, 0.5) is 5.82 Å². The Labute approximate surface area is 105 Å². The number of aromatic nitrogens is 5. The maximum Gasteiger partial charge on any atom is 0.152 e. The molecule has 3 heterocycles. The third-order valence-corrected chi connectivity index (χ3v) is 3.46. The zero-order valence-electron chi connectivity index (χ0n) is 10.7. The molecule has 0 aliphatic carbocycles. The predicted octanol–water partition coefficient (Wildman–Crippen LogP) is -0.201. The van der Waals surface area contributed by atoms with Crippen molar-refractivity contribution in [2.45, 2.75) is 26.6 Å². The summed E-state index contributed by atoms with van der Waals surface area (Å²) in [6.07, 6.45) is 1.78. The molecule has 2 N–H and O–H groups in total. The smallest absolute Gasteiger partial charge is 0.152 e. The van der Waals surface area contributed by atoms with Crippen LogP contribution in [0.5, 0.6) is 0 Å². The van der Waals surface area contributed by atoms with Gasteiger partial charge < -0.3 is 15.2 Å². The lowest BCUT2D eigenvalue weighted by molar-refractivity contribution is 0.544. The third-order valence-electron chi connectivity index (χ3n) is 3.46. The second kappa shape index (κ2) is 4.09. The number of aryl methyl sites for hydroxylation is 2. The molecule has 2 aromatic heterocycles. The first-order valence-corrected chi connectivity index (χ1v) is 6.05. The fourth-order valence-electron chi connectivity index (χ4n) is 2.57. The summed E-state index contributed by atoms with van der Waals surface area (Å²) in [5.74, 6) is 2.09. The number of rotatable bonds is 2. The molecule has 0 unspecified atom stereocenters. The van der Waals surface area contributed by atoms with E-state index in [0.29, 0.717) is 6.54 Å². The molecule has 1 aliphatic rings. The molecule has 0 aromatic carbocycles. The molecule has 0 amide bonds. The minimum atomic E-state index is 0.512. The molecular formula is C11H17N7. The number of fused-ring (bicyclic) bond motifs is 1. The maximum absolute atomic E-state index is 5.83. The van der Waals surface area contributed by atoms with Crippen molar-refractivity contribution in [1.82, 2.24) is 24.5 Å². The Hall–Kier alpha value is -1.89. The molecule has 0 radical (unpaired) electrons. The molecule has 7 nitrogen and oxygen atoms in total. The van der Waals surface area contributed by atoms with Gasteiger partial charge in [0.25, 0.3) is 0 Å². The summed E-state index contributed by atoms with van der Waals surface area (Å²) in [6, 6.07) is 0. The van der Waals surface area contributed by atoms with Crippen LogP contribution in [0, 0.1) is 6.92 Å². The molecule has 18 heavy (non-hydrogen) atoms. The Morgan fingerprint density at radius 2 is 2.22 bits per heavy atom. The molecule has 1 aliphatic heterocycles. The number of hydrogen-bond acceptors (Lipinski definition) is 5. The lowest BCUT2D eigenvalue weighted by Gasteiger charge is -2.29. The molecule has 7 heteroatoms. The maximum atomic E-state index is 5.83. The lowest BCUT2D eigenvalue weighted by Crippen LogP contribution is -2.35. The largest absolute Gasteiger partial charge is 0.347 e. The normalized spacial score (nSPS) is 14.9. The van der Waals surface area contributed by atoms with E-state index in [4.69, 9.17) is 5.73 Å². The Bertz CT molecular complexity index is 568. The van der Waals surface area contributed by atoms with Crippen LogP contribution in [-0.2, 0) is 26.7 Å². The topological polar surface area (TPSA) is 77.8 Å². The predicted molar refractivity (Wildman–Crippen MR) is 66.9 cm³/mol. The highest BCUT2D eigenvalue weighted by atomic mass is 15.4. The first kappa shape index (κ1) is 11.2. The zero-order valence-corrected chi connectivity index (χ0v) is 10.7. The number of nitrogens with zero attached hydrogens (tertiary/aromatic N) is 6. The van der Waals surface area contributed by atoms with Gasteiger partial charge in [-0.3, -0.25) is 4.68 Å². The Morgan fingerprint density at radius 1 is 1.39 bits per heavy atom. The fourth-order valence-corrected chi connectivity index (χ4v) is 2.57. The summed E-state index contributed by atoms with van der Waals surface area (Å²) >= 11 is 0. The van der Waals surface area contributed by atoms with E-state index in [2.05, 4.69) is 24.8 Å². The van der Waals surface area contributed by atoms with E-state index in [0.717, 1.165) is 42.5 Å². The van der Waals surface area contributed by atoms with Gasteiger partial charge in [0.1, 0.15) is 12.1 Å². The van der Waals surface area contributed by atoms with Crippen molar-refractivity contribution in [1.29, 1.82) is 0 Å². The van der Waals surface area contributed by atoms with Gasteiger partial charge in [0.2, 0.25) is 0 Å². The number of nitrogens with two attached hydrogens (primary N) is 1. The summed E-state index contributed by atoms with van der Waals surface area (Å²) in [6.45, 7) is 5.09. The molecule has 0 fully saturated rings. The Kier molecular flexibility index (Phi) is 2.55. The van der Waals surface area contributed by atoms with Gasteiger partial charge in [0.05, 0.1) is 12.2 Å². The third kappa shape index (κ3) is 1.59. The van der Waals surface area contributed by atoms with Gasteiger partial charge in [-0.15, -0.1) is 10.2 Å². The van der Waals surface area contributed by atoms with Crippen molar-refractivity contribution >= 4 is 5.82 Å². The summed E-state index contributed by atoms with van der Waals surface area (Å²) < 4.78 is 3.99. The SMILES string of the molecule is Cc1nn(C)c(N2CCn3cnnc3C2)c1CN. The number of anilines is 1. The highest BCUT2D eigenvalue weighted by Crippen LogP contribution is 2.25. The molecule has 0 atom stereocenters. The molecule has 2 aromatic rings. The van der Waals surface area contributed by atoms with Crippen LogP contribution in [0.15, 0.2) is 6.33 Å². The van der Waals surface area contributed by atoms with Crippen LogP contribution in [-0.4, -0.2) is 31.1 Å². The van der Waals surface area contributed by atoms with Gasteiger partial charge in [-0.1, -0.05) is 0 Å². The minimum absolute atomic E-state index is 0.512. The minimum Gasteiger partial charge on any atom is -0.347 e. The highest BCUT2D eigenvalue weighted by molar-refractivity contribution is 5.50. The molecular weight excluding hydrogens is 230 g/mol. The molecule has 0 bridgehead atoms. The lowest BCUT2D eigenvalue weighted by atomic mass is 10.2. The van der Waals surface area contributed by atoms with Gasteiger partial charge in [-0.2, -0.15) is 5.10 Å². The summed E-state index contributed by atoms with van der Waals surface area (Å²) in [7, 11) is 1.96. The molecule has 3 rings (SSSR count). The van der Waals surface area contributed by atoms with E-state index < -0.39 is 0 Å². The molecule has 0 saturated carbocycles. The van der Waals surface area contributed by atoms with Crippen molar-refractivity contribution in [3.63, 3.8) is 0 Å². The quantitative estimate of drug-likeness (QED) is 0.795. The van der Waals surface area contributed by atoms with Gasteiger partial charge in [-0.05, 0) is 6.92 Å². The first-order valence-electron chi connectivity index (χ1n) is 6.05. The zero-order chi connectivity index (χ0) is 12.7. The monoisotopic (exact) mass is 247 g/mol. The van der Waals surface area contributed by atoms with E-state index >= 15 is 0 Å². The second-order valence-electron chi connectivity index (χ2n) is 4.58. The highest BCUT2D eigenvalue weighted by Gasteiger charge is 2.23. The fraction of sp³-hybridized carbons (Fsp3) is 0.545. The Balaban J connectivity index is 1.97. The average Bonchev–Trinajstić information content (AvgIpc) is 2.91. The van der Waals surface area contributed by atoms with Crippen molar-refractivity contribution in [3.05, 3.63) is 23.4 Å². The molecule has 96 valence electrons. The first-order chi connectivity index (χ1) is 8.70. The van der Waals surface area contributed by atoms with Crippen molar-refractivity contribution < 1.29 is 0 Å². The van der Waals surface area contributed by atoms with E-state index in [9.17, 15) is 0 Å². The van der Waals surface area contributed by atoms with Crippen LogP contribution in [0.1, 0.15) is 17.1 Å². The molecule has 0 saturated heterocycles. The second-order valence-corrected chi connectivity index (χ2v) is 4.58. The van der Waals surface area contributed by atoms with Crippen LogP contribution >= 0.6 is 0 Å². The number of hydrogen-bond donors (Lipinski definition) is 1. The van der Waals surface area contributed by atoms with Gasteiger partial charge in [-0.25, -0.2) is 0 Å². The van der Waals surface area contributed by atoms with Crippen LogP contribution in [0.25, 0.3) is 0 Å². The average molecular weight is 247 g/mol. The van der Waals surface area contributed by atoms with E-state index in [1.807, 2.05) is 18.7 Å². The van der Waals surface area contributed by atoms with Gasteiger partial charge in [0, 0.05) is 32.2 Å². The van der Waals surface area contributed by atoms with Crippen molar-refractivity contribution in [2.75, 3.05) is 11.4 Å². The molecule has 0 spiro atoms. The van der Waals surface area contributed by atoms with Crippen LogP contribution in [0.2, 0.25) is 0 Å². The standard InChI is InChI=1S/C11H17N7/c1-8-9(5-12)11(16(2)15-8)17-3-4-18-7-13-14-10(18)6-17/h7H,3-6,12H2,1-2H3. The van der Waals surface area contributed by atoms with Crippen molar-refractivity contribution in [3.8, 4) is 0 Å². The van der Waals surface area contributed by atoms with Gasteiger partial charge >= 0.3 is 0 Å². The van der Waals surface area contributed by atoms with Crippen LogP contribution in [0.3, 0.4) is 0 Å². The van der Waals surface area contributed by atoms with Gasteiger partial charge in [0.15, 0.2) is 5.82 Å². The van der Waals surface area contributed by atoms with E-state index in [1.54, 1.807) is 6.33 Å². The van der Waals surface area contributed by atoms with E-state index in [1.165, 1.54) is 0 Å². The van der Waals surface area contributed by atoms with Crippen molar-refractivity contribution in [2.24, 2.45) is 12.8 Å². The summed E-state index contributed by atoms with van der Waals surface area (Å²) in [4.78, 5) is 2.27. The van der Waals surface area contributed by atoms with E-state index in [-0.39, 0.29) is 0 Å². The summed E-state index contributed by atoms with van der Waals surface area (Å²) in [5.41, 5.74) is 7.95. The Morgan fingerprint density at radius 3 is 3.00 bits per heavy atom. The van der Waals surface area contributed by atoms with Crippen LogP contribution < -0.4 is 10.6 Å². The summed E-state index contributed by atoms with van der Waals surface area (Å²) in [5, 5.41) is 12.5.